The zero-order valence-electron chi connectivity index (χ0n) is 11.2. The summed E-state index contributed by atoms with van der Waals surface area (Å²) in [5.41, 5.74) is 1.06. The van der Waals surface area contributed by atoms with Gasteiger partial charge in [0.1, 0.15) is 0 Å². The molecule has 19 heavy (non-hydrogen) atoms. The molecular weight excluding hydrogens is 244 g/mol. The fraction of sp³-hybridized carbons (Fsp3) is 0.357. The number of carboxylic acids is 1. The smallest absolute Gasteiger partial charge is 0.328 e. The van der Waals surface area contributed by atoms with Crippen molar-refractivity contribution in [2.45, 2.75) is 19.8 Å². The predicted molar refractivity (Wildman–Crippen MR) is 72.8 cm³/mol. The Morgan fingerprint density at radius 1 is 1.42 bits per heavy atom. The van der Waals surface area contributed by atoms with Gasteiger partial charge in [-0.25, -0.2) is 4.79 Å². The van der Waals surface area contributed by atoms with Gasteiger partial charge in [0, 0.05) is 32.1 Å². The average Bonchev–Trinajstić information content (AvgIpc) is 2.42. The van der Waals surface area contributed by atoms with Gasteiger partial charge in [0.25, 0.3) is 5.91 Å². The van der Waals surface area contributed by atoms with Gasteiger partial charge >= 0.3 is 5.97 Å². The van der Waals surface area contributed by atoms with Crippen molar-refractivity contribution in [1.29, 1.82) is 0 Å². The second kappa shape index (κ2) is 7.31. The van der Waals surface area contributed by atoms with Gasteiger partial charge in [-0.2, -0.15) is 0 Å². The molecule has 0 unspecified atom stereocenters. The number of carbonyl (C=O) groups excluding carboxylic acids is 1. The highest BCUT2D eigenvalue weighted by atomic mass is 16.4. The fourth-order valence-corrected chi connectivity index (χ4v) is 1.55. The first kappa shape index (κ1) is 14.9. The van der Waals surface area contributed by atoms with Gasteiger partial charge in [-0.05, 0) is 24.1 Å². The van der Waals surface area contributed by atoms with Crippen LogP contribution in [0.1, 0.15) is 35.7 Å². The molecule has 0 aliphatic carbocycles. The lowest BCUT2D eigenvalue weighted by Crippen LogP contribution is -2.27. The zero-order valence-corrected chi connectivity index (χ0v) is 11.2. The van der Waals surface area contributed by atoms with Crippen molar-refractivity contribution < 1.29 is 14.7 Å². The summed E-state index contributed by atoms with van der Waals surface area (Å²) in [5, 5.41) is 8.56. The standard InChI is InChI=1S/C14H18N2O3/c1-3-4-7-16(2)14(19)12-8-11(9-15-10-12)5-6-13(17)18/h5-6,8-10H,3-4,7H2,1-2H3,(H,17,18)/b6-5+. The van der Waals surface area contributed by atoms with Crippen molar-refractivity contribution in [3.05, 3.63) is 35.7 Å². The summed E-state index contributed by atoms with van der Waals surface area (Å²) < 4.78 is 0. The maximum atomic E-state index is 12.1. The highest BCUT2D eigenvalue weighted by Crippen LogP contribution is 2.08. The Morgan fingerprint density at radius 2 is 2.16 bits per heavy atom. The third-order valence-corrected chi connectivity index (χ3v) is 2.62. The van der Waals surface area contributed by atoms with Gasteiger partial charge in [-0.1, -0.05) is 13.3 Å². The molecular formula is C14H18N2O3. The van der Waals surface area contributed by atoms with E-state index < -0.39 is 5.97 Å². The van der Waals surface area contributed by atoms with Crippen LogP contribution < -0.4 is 0 Å². The number of amides is 1. The zero-order chi connectivity index (χ0) is 14.3. The SMILES string of the molecule is CCCCN(C)C(=O)c1cncc(/C=C/C(=O)O)c1. The molecule has 0 fully saturated rings. The maximum absolute atomic E-state index is 12.1. The van der Waals surface area contributed by atoms with E-state index in [1.165, 1.54) is 18.5 Å². The fourth-order valence-electron chi connectivity index (χ4n) is 1.55. The molecule has 0 aliphatic rings. The summed E-state index contributed by atoms with van der Waals surface area (Å²) in [4.78, 5) is 28.1. The predicted octanol–water partition coefficient (Wildman–Crippen LogP) is 2.05. The highest BCUT2D eigenvalue weighted by Gasteiger charge is 2.11. The Labute approximate surface area is 112 Å². The van der Waals surface area contributed by atoms with Crippen molar-refractivity contribution in [2.24, 2.45) is 0 Å². The van der Waals surface area contributed by atoms with E-state index in [0.717, 1.165) is 18.9 Å². The van der Waals surface area contributed by atoms with Crippen molar-refractivity contribution in [3.63, 3.8) is 0 Å². The van der Waals surface area contributed by atoms with Crippen LogP contribution >= 0.6 is 0 Å². The minimum absolute atomic E-state index is 0.105. The Hall–Kier alpha value is -2.17. The number of pyridine rings is 1. The Morgan fingerprint density at radius 3 is 2.79 bits per heavy atom. The molecule has 0 atom stereocenters. The largest absolute Gasteiger partial charge is 0.478 e. The molecule has 1 rings (SSSR count). The number of carboxylic acid groups (broad SMARTS) is 1. The number of rotatable bonds is 6. The first-order valence-corrected chi connectivity index (χ1v) is 6.16. The van der Waals surface area contributed by atoms with Gasteiger partial charge in [-0.15, -0.1) is 0 Å². The summed E-state index contributed by atoms with van der Waals surface area (Å²) >= 11 is 0. The van der Waals surface area contributed by atoms with Gasteiger partial charge < -0.3 is 10.0 Å². The Kier molecular flexibility index (Phi) is 5.73. The lowest BCUT2D eigenvalue weighted by Gasteiger charge is -2.16. The van der Waals surface area contributed by atoms with Crippen molar-refractivity contribution >= 4 is 18.0 Å². The number of aliphatic carboxylic acids is 1. The van der Waals surface area contributed by atoms with Crippen LogP contribution in [0.2, 0.25) is 0 Å². The second-order valence-electron chi connectivity index (χ2n) is 4.26. The molecule has 5 heteroatoms. The third kappa shape index (κ3) is 4.91. The van der Waals surface area contributed by atoms with Gasteiger partial charge in [0.2, 0.25) is 0 Å². The van der Waals surface area contributed by atoms with Crippen LogP contribution in [0.25, 0.3) is 6.08 Å². The molecule has 0 radical (unpaired) electrons. The first-order chi connectivity index (χ1) is 9.04. The van der Waals surface area contributed by atoms with Crippen LogP contribution in [0.4, 0.5) is 0 Å². The number of aromatic nitrogens is 1. The quantitative estimate of drug-likeness (QED) is 0.796. The van der Waals surface area contributed by atoms with E-state index in [1.807, 2.05) is 0 Å². The first-order valence-electron chi connectivity index (χ1n) is 6.16. The number of hydrogen-bond acceptors (Lipinski definition) is 3. The molecule has 0 aromatic carbocycles. The molecule has 5 nitrogen and oxygen atoms in total. The van der Waals surface area contributed by atoms with Crippen LogP contribution in [0, 0.1) is 0 Å². The number of unbranched alkanes of at least 4 members (excludes halogenated alkanes) is 1. The van der Waals surface area contributed by atoms with Gasteiger partial charge in [0.05, 0.1) is 5.56 Å². The van der Waals surface area contributed by atoms with E-state index in [0.29, 0.717) is 17.7 Å². The summed E-state index contributed by atoms with van der Waals surface area (Å²) in [6.07, 6.45) is 7.42. The minimum Gasteiger partial charge on any atom is -0.478 e. The van der Waals surface area contributed by atoms with E-state index in [2.05, 4.69) is 11.9 Å². The molecule has 1 heterocycles. The monoisotopic (exact) mass is 262 g/mol. The van der Waals surface area contributed by atoms with Crippen LogP contribution in [0.15, 0.2) is 24.5 Å². The van der Waals surface area contributed by atoms with Crippen molar-refractivity contribution in [3.8, 4) is 0 Å². The Bertz CT molecular complexity index is 483. The van der Waals surface area contributed by atoms with Crippen LogP contribution in [-0.4, -0.2) is 40.5 Å². The van der Waals surface area contributed by atoms with Crippen LogP contribution in [0.5, 0.6) is 0 Å². The minimum atomic E-state index is -1.03. The molecule has 0 spiro atoms. The number of hydrogen-bond donors (Lipinski definition) is 1. The molecule has 1 N–H and O–H groups in total. The van der Waals surface area contributed by atoms with Gasteiger partial charge in [-0.3, -0.25) is 9.78 Å². The van der Waals surface area contributed by atoms with E-state index in [9.17, 15) is 9.59 Å². The van der Waals surface area contributed by atoms with E-state index in [4.69, 9.17) is 5.11 Å². The Balaban J connectivity index is 2.80. The van der Waals surface area contributed by atoms with Crippen LogP contribution in [-0.2, 0) is 4.79 Å². The molecule has 1 amide bonds. The second-order valence-corrected chi connectivity index (χ2v) is 4.26. The maximum Gasteiger partial charge on any atom is 0.328 e. The molecule has 1 aromatic heterocycles. The summed E-state index contributed by atoms with van der Waals surface area (Å²) in [7, 11) is 1.75. The number of nitrogens with zero attached hydrogens (tertiary/aromatic N) is 2. The molecule has 0 bridgehead atoms. The van der Waals surface area contributed by atoms with E-state index in [-0.39, 0.29) is 5.91 Å². The normalized spacial score (nSPS) is 10.6. The number of carbonyl (C=O) groups is 2. The van der Waals surface area contributed by atoms with E-state index >= 15 is 0 Å². The van der Waals surface area contributed by atoms with Gasteiger partial charge in [0.15, 0.2) is 0 Å². The lowest BCUT2D eigenvalue weighted by atomic mass is 10.1. The average molecular weight is 262 g/mol. The topological polar surface area (TPSA) is 70.5 Å². The molecule has 1 aromatic rings. The molecule has 102 valence electrons. The molecule has 0 aliphatic heterocycles. The van der Waals surface area contributed by atoms with Crippen molar-refractivity contribution in [2.75, 3.05) is 13.6 Å². The third-order valence-electron chi connectivity index (χ3n) is 2.62. The summed E-state index contributed by atoms with van der Waals surface area (Å²) in [6, 6.07) is 1.64. The lowest BCUT2D eigenvalue weighted by molar-refractivity contribution is -0.131. The van der Waals surface area contributed by atoms with E-state index in [1.54, 1.807) is 18.0 Å². The van der Waals surface area contributed by atoms with Crippen molar-refractivity contribution in [1.82, 2.24) is 9.88 Å². The highest BCUT2D eigenvalue weighted by molar-refractivity contribution is 5.94. The van der Waals surface area contributed by atoms with Crippen LogP contribution in [0.3, 0.4) is 0 Å². The summed E-state index contributed by atoms with van der Waals surface area (Å²) in [6.45, 7) is 2.77. The molecule has 0 saturated heterocycles. The summed E-state index contributed by atoms with van der Waals surface area (Å²) in [5.74, 6) is -1.14. The molecule has 0 saturated carbocycles.